The first-order valence-electron chi connectivity index (χ1n) is 6.89. The molecule has 0 unspecified atom stereocenters. The first-order chi connectivity index (χ1) is 9.54. The van der Waals surface area contributed by atoms with Crippen molar-refractivity contribution in [1.82, 2.24) is 5.32 Å². The zero-order valence-electron chi connectivity index (χ0n) is 11.8. The summed E-state index contributed by atoms with van der Waals surface area (Å²) in [6, 6.07) is 7.20. The Morgan fingerprint density at radius 2 is 1.90 bits per heavy atom. The fourth-order valence-electron chi connectivity index (χ4n) is 1.70. The minimum absolute atomic E-state index is 0.0746. The summed E-state index contributed by atoms with van der Waals surface area (Å²) in [7, 11) is 0. The van der Waals surface area contributed by atoms with Gasteiger partial charge in [-0.3, -0.25) is 4.79 Å². The lowest BCUT2D eigenvalue weighted by molar-refractivity contribution is -0.115. The third-order valence-electron chi connectivity index (χ3n) is 2.88. The van der Waals surface area contributed by atoms with E-state index in [2.05, 4.69) is 10.6 Å². The van der Waals surface area contributed by atoms with Gasteiger partial charge in [0, 0.05) is 11.7 Å². The van der Waals surface area contributed by atoms with Gasteiger partial charge in [-0.25, -0.2) is 4.79 Å². The van der Waals surface area contributed by atoms with Crippen molar-refractivity contribution in [1.29, 1.82) is 0 Å². The standard InChI is InChI=1S/C15H20N2O3/c1-10(2)20-15(19)11-3-5-13(6-4-11)17-14(18)9-16-12-7-8-12/h3-6,10,12,16H,7-9H2,1-2H3,(H,17,18). The lowest BCUT2D eigenvalue weighted by Crippen LogP contribution is -2.29. The van der Waals surface area contributed by atoms with Crippen LogP contribution in [0.4, 0.5) is 5.69 Å². The molecule has 2 N–H and O–H groups in total. The van der Waals surface area contributed by atoms with E-state index >= 15 is 0 Å². The van der Waals surface area contributed by atoms with E-state index in [1.54, 1.807) is 38.1 Å². The van der Waals surface area contributed by atoms with Crippen molar-refractivity contribution in [3.63, 3.8) is 0 Å². The second kappa shape index (κ2) is 6.52. The quantitative estimate of drug-likeness (QED) is 0.779. The zero-order valence-corrected chi connectivity index (χ0v) is 11.8. The number of carbonyl (C=O) groups is 2. The minimum Gasteiger partial charge on any atom is -0.459 e. The molecule has 20 heavy (non-hydrogen) atoms. The van der Waals surface area contributed by atoms with Gasteiger partial charge in [-0.15, -0.1) is 0 Å². The molecule has 0 atom stereocenters. The third-order valence-corrected chi connectivity index (χ3v) is 2.88. The molecule has 1 aromatic rings. The zero-order chi connectivity index (χ0) is 14.5. The SMILES string of the molecule is CC(C)OC(=O)c1ccc(NC(=O)CNC2CC2)cc1. The molecule has 1 amide bonds. The smallest absolute Gasteiger partial charge is 0.338 e. The maximum Gasteiger partial charge on any atom is 0.338 e. The van der Waals surface area contributed by atoms with Crippen LogP contribution in [-0.4, -0.2) is 30.6 Å². The van der Waals surface area contributed by atoms with Crippen LogP contribution in [0.15, 0.2) is 24.3 Å². The van der Waals surface area contributed by atoms with Crippen LogP contribution in [0.2, 0.25) is 0 Å². The number of rotatable bonds is 6. The van der Waals surface area contributed by atoms with Crippen LogP contribution in [0.1, 0.15) is 37.0 Å². The summed E-state index contributed by atoms with van der Waals surface area (Å²) in [5, 5.41) is 5.92. The van der Waals surface area contributed by atoms with Crippen LogP contribution in [0.25, 0.3) is 0 Å². The second-order valence-corrected chi connectivity index (χ2v) is 5.23. The molecule has 5 nitrogen and oxygen atoms in total. The Morgan fingerprint density at radius 1 is 1.25 bits per heavy atom. The highest BCUT2D eigenvalue weighted by Gasteiger charge is 2.21. The molecule has 1 fully saturated rings. The molecule has 1 aliphatic rings. The predicted molar refractivity (Wildman–Crippen MR) is 76.6 cm³/mol. The number of esters is 1. The summed E-state index contributed by atoms with van der Waals surface area (Å²) in [6.07, 6.45) is 2.16. The van der Waals surface area contributed by atoms with E-state index < -0.39 is 0 Å². The maximum absolute atomic E-state index is 11.7. The van der Waals surface area contributed by atoms with E-state index in [0.717, 1.165) is 12.8 Å². The van der Waals surface area contributed by atoms with E-state index in [1.165, 1.54) is 0 Å². The molecule has 1 aromatic carbocycles. The lowest BCUT2D eigenvalue weighted by Gasteiger charge is -2.09. The molecule has 0 spiro atoms. The number of hydrogen-bond acceptors (Lipinski definition) is 4. The topological polar surface area (TPSA) is 67.4 Å². The predicted octanol–water partition coefficient (Wildman–Crippen LogP) is 1.94. The van der Waals surface area contributed by atoms with E-state index in [0.29, 0.717) is 23.8 Å². The van der Waals surface area contributed by atoms with Gasteiger partial charge in [0.1, 0.15) is 0 Å². The Labute approximate surface area is 118 Å². The third kappa shape index (κ3) is 4.66. The molecule has 2 rings (SSSR count). The van der Waals surface area contributed by atoms with E-state index in [1.807, 2.05) is 0 Å². The van der Waals surface area contributed by atoms with Gasteiger partial charge in [0.25, 0.3) is 0 Å². The van der Waals surface area contributed by atoms with Crippen LogP contribution in [0, 0.1) is 0 Å². The van der Waals surface area contributed by atoms with Crippen molar-refractivity contribution in [3.05, 3.63) is 29.8 Å². The van der Waals surface area contributed by atoms with Crippen molar-refractivity contribution in [2.24, 2.45) is 0 Å². The van der Waals surface area contributed by atoms with Gasteiger partial charge in [-0.05, 0) is 51.0 Å². The monoisotopic (exact) mass is 276 g/mol. The molecular formula is C15H20N2O3. The summed E-state index contributed by atoms with van der Waals surface area (Å²) in [5.74, 6) is -0.428. The summed E-state index contributed by atoms with van der Waals surface area (Å²) in [6.45, 7) is 3.93. The average molecular weight is 276 g/mol. The number of ether oxygens (including phenoxy) is 1. The Balaban J connectivity index is 1.83. The van der Waals surface area contributed by atoms with E-state index in [9.17, 15) is 9.59 Å². The fraction of sp³-hybridized carbons (Fsp3) is 0.467. The molecule has 1 aliphatic carbocycles. The number of nitrogens with one attached hydrogen (secondary N) is 2. The molecule has 0 saturated heterocycles. The van der Waals surface area contributed by atoms with Crippen LogP contribution in [-0.2, 0) is 9.53 Å². The summed E-state index contributed by atoms with van der Waals surface area (Å²) in [4.78, 5) is 23.3. The van der Waals surface area contributed by atoms with Crippen molar-refractivity contribution >= 4 is 17.6 Å². The van der Waals surface area contributed by atoms with E-state index in [-0.39, 0.29) is 18.0 Å². The van der Waals surface area contributed by atoms with Crippen LogP contribution < -0.4 is 10.6 Å². The molecule has 0 aromatic heterocycles. The van der Waals surface area contributed by atoms with Gasteiger partial charge in [0.2, 0.25) is 5.91 Å². The van der Waals surface area contributed by atoms with Crippen LogP contribution in [0.3, 0.4) is 0 Å². The summed E-state index contributed by atoms with van der Waals surface area (Å²) >= 11 is 0. The van der Waals surface area contributed by atoms with Crippen molar-refractivity contribution in [3.8, 4) is 0 Å². The minimum atomic E-state index is -0.353. The highest BCUT2D eigenvalue weighted by atomic mass is 16.5. The number of benzene rings is 1. The summed E-state index contributed by atoms with van der Waals surface area (Å²) in [5.41, 5.74) is 1.15. The number of amides is 1. The van der Waals surface area contributed by atoms with Gasteiger partial charge in [-0.2, -0.15) is 0 Å². The Hall–Kier alpha value is -1.88. The molecular weight excluding hydrogens is 256 g/mol. The number of anilines is 1. The molecule has 5 heteroatoms. The highest BCUT2D eigenvalue weighted by molar-refractivity contribution is 5.94. The number of carbonyl (C=O) groups excluding carboxylic acids is 2. The van der Waals surface area contributed by atoms with Crippen molar-refractivity contribution < 1.29 is 14.3 Å². The Bertz CT molecular complexity index is 478. The molecule has 0 aliphatic heterocycles. The Kier molecular flexibility index (Phi) is 4.74. The summed E-state index contributed by atoms with van der Waals surface area (Å²) < 4.78 is 5.09. The average Bonchev–Trinajstić information content (AvgIpc) is 3.20. The molecule has 0 bridgehead atoms. The lowest BCUT2D eigenvalue weighted by atomic mass is 10.2. The second-order valence-electron chi connectivity index (χ2n) is 5.23. The van der Waals surface area contributed by atoms with Gasteiger partial charge in [-0.1, -0.05) is 0 Å². The normalized spacial score (nSPS) is 14.2. The fourth-order valence-corrected chi connectivity index (χ4v) is 1.70. The largest absolute Gasteiger partial charge is 0.459 e. The van der Waals surface area contributed by atoms with Gasteiger partial charge < -0.3 is 15.4 Å². The van der Waals surface area contributed by atoms with Crippen LogP contribution in [0.5, 0.6) is 0 Å². The van der Waals surface area contributed by atoms with Gasteiger partial charge in [0.15, 0.2) is 0 Å². The molecule has 0 heterocycles. The van der Waals surface area contributed by atoms with E-state index in [4.69, 9.17) is 4.74 Å². The molecule has 108 valence electrons. The van der Waals surface area contributed by atoms with Crippen molar-refractivity contribution in [2.45, 2.75) is 38.8 Å². The van der Waals surface area contributed by atoms with Gasteiger partial charge in [0.05, 0.1) is 18.2 Å². The molecule has 0 radical (unpaired) electrons. The molecule has 1 saturated carbocycles. The van der Waals surface area contributed by atoms with Crippen molar-refractivity contribution in [2.75, 3.05) is 11.9 Å². The number of hydrogen-bond donors (Lipinski definition) is 2. The maximum atomic E-state index is 11.7. The van der Waals surface area contributed by atoms with Gasteiger partial charge >= 0.3 is 5.97 Å². The highest BCUT2D eigenvalue weighted by Crippen LogP contribution is 2.18. The first-order valence-corrected chi connectivity index (χ1v) is 6.89. The Morgan fingerprint density at radius 3 is 2.45 bits per heavy atom. The van der Waals surface area contributed by atoms with Crippen LogP contribution >= 0.6 is 0 Å². The first kappa shape index (κ1) is 14.5.